The molecule has 0 radical (unpaired) electrons. The van der Waals surface area contributed by atoms with E-state index in [1.165, 1.54) is 49.9 Å². The van der Waals surface area contributed by atoms with Gasteiger partial charge < -0.3 is 10.2 Å². The quantitative estimate of drug-likeness (QED) is 0.809. The van der Waals surface area contributed by atoms with Gasteiger partial charge in [0.1, 0.15) is 0 Å². The van der Waals surface area contributed by atoms with E-state index in [-0.39, 0.29) is 0 Å². The first kappa shape index (κ1) is 14.2. The minimum Gasteiger partial charge on any atom is -0.371 e. The molecule has 0 bridgehead atoms. The summed E-state index contributed by atoms with van der Waals surface area (Å²) in [5, 5.41) is 4.46. The Morgan fingerprint density at radius 2 is 2.05 bits per heavy atom. The molecule has 0 aromatic heterocycles. The van der Waals surface area contributed by atoms with E-state index in [2.05, 4.69) is 29.3 Å². The van der Waals surface area contributed by atoms with Crippen LogP contribution in [0.15, 0.2) is 18.2 Å². The lowest BCUT2D eigenvalue weighted by molar-refractivity contribution is 0.318. The van der Waals surface area contributed by atoms with Crippen LogP contribution in [0.4, 0.5) is 5.69 Å². The van der Waals surface area contributed by atoms with Gasteiger partial charge in [-0.25, -0.2) is 0 Å². The average molecular weight is 293 g/mol. The van der Waals surface area contributed by atoms with Crippen LogP contribution in [-0.2, 0) is 6.54 Å². The van der Waals surface area contributed by atoms with Crippen LogP contribution >= 0.6 is 11.6 Å². The maximum absolute atomic E-state index is 6.19. The molecule has 110 valence electrons. The van der Waals surface area contributed by atoms with Crippen LogP contribution in [0.3, 0.4) is 0 Å². The molecular formula is C17H25ClN2. The summed E-state index contributed by atoms with van der Waals surface area (Å²) in [4.78, 5) is 2.53. The summed E-state index contributed by atoms with van der Waals surface area (Å²) in [6.07, 6.45) is 6.88. The molecule has 2 fully saturated rings. The van der Waals surface area contributed by atoms with E-state index in [4.69, 9.17) is 11.6 Å². The van der Waals surface area contributed by atoms with Crippen molar-refractivity contribution in [1.82, 2.24) is 5.32 Å². The summed E-state index contributed by atoms with van der Waals surface area (Å²) in [6.45, 7) is 5.48. The van der Waals surface area contributed by atoms with Crippen molar-refractivity contribution in [1.29, 1.82) is 0 Å². The first-order chi connectivity index (χ1) is 9.76. The van der Waals surface area contributed by atoms with Crippen molar-refractivity contribution in [3.05, 3.63) is 28.8 Å². The number of nitrogens with one attached hydrogen (secondary N) is 1. The molecule has 2 saturated carbocycles. The van der Waals surface area contributed by atoms with Crippen LogP contribution < -0.4 is 10.2 Å². The Morgan fingerprint density at radius 3 is 2.65 bits per heavy atom. The topological polar surface area (TPSA) is 15.3 Å². The molecule has 1 aromatic carbocycles. The lowest BCUT2D eigenvalue weighted by atomic mass is 9.85. The standard InChI is InChI=1S/C17H25ClN2/c1-2-20(12-13-4-3-5-13)17-9-6-15(18)10-14(17)11-19-16-7-8-16/h6,9-10,13,16,19H,2-5,7-8,11-12H2,1H3. The van der Waals surface area contributed by atoms with Gasteiger partial charge in [-0.05, 0) is 62.3 Å². The first-order valence-corrected chi connectivity index (χ1v) is 8.41. The van der Waals surface area contributed by atoms with Crippen LogP contribution in [0.25, 0.3) is 0 Å². The zero-order chi connectivity index (χ0) is 13.9. The van der Waals surface area contributed by atoms with Gasteiger partial charge in [0, 0.05) is 36.4 Å². The summed E-state index contributed by atoms with van der Waals surface area (Å²) < 4.78 is 0. The van der Waals surface area contributed by atoms with Crippen LogP contribution in [0.2, 0.25) is 5.02 Å². The van der Waals surface area contributed by atoms with Crippen LogP contribution in [-0.4, -0.2) is 19.1 Å². The van der Waals surface area contributed by atoms with Gasteiger partial charge in [-0.2, -0.15) is 0 Å². The SMILES string of the molecule is CCN(CC1CCC1)c1ccc(Cl)cc1CNC1CC1. The molecule has 0 spiro atoms. The molecule has 2 nitrogen and oxygen atoms in total. The number of nitrogens with zero attached hydrogens (tertiary/aromatic N) is 1. The molecule has 20 heavy (non-hydrogen) atoms. The second-order valence-electron chi connectivity index (χ2n) is 6.26. The highest BCUT2D eigenvalue weighted by atomic mass is 35.5. The van der Waals surface area contributed by atoms with Crippen molar-refractivity contribution in [3.8, 4) is 0 Å². The van der Waals surface area contributed by atoms with Crippen molar-refractivity contribution < 1.29 is 0 Å². The lowest BCUT2D eigenvalue weighted by Crippen LogP contribution is -2.33. The van der Waals surface area contributed by atoms with E-state index in [1.807, 2.05) is 6.07 Å². The van der Waals surface area contributed by atoms with E-state index < -0.39 is 0 Å². The fraction of sp³-hybridized carbons (Fsp3) is 0.647. The third kappa shape index (κ3) is 3.48. The molecule has 1 aromatic rings. The molecule has 0 unspecified atom stereocenters. The maximum Gasteiger partial charge on any atom is 0.0412 e. The molecule has 1 N–H and O–H groups in total. The first-order valence-electron chi connectivity index (χ1n) is 8.03. The summed E-state index contributed by atoms with van der Waals surface area (Å²) in [7, 11) is 0. The summed E-state index contributed by atoms with van der Waals surface area (Å²) in [5.41, 5.74) is 2.72. The van der Waals surface area contributed by atoms with Gasteiger partial charge in [0.2, 0.25) is 0 Å². The molecule has 2 aliphatic carbocycles. The molecular weight excluding hydrogens is 268 g/mol. The highest BCUT2D eigenvalue weighted by Gasteiger charge is 2.23. The molecule has 0 amide bonds. The molecule has 3 rings (SSSR count). The van der Waals surface area contributed by atoms with Gasteiger partial charge in [-0.1, -0.05) is 18.0 Å². The highest BCUT2D eigenvalue weighted by Crippen LogP contribution is 2.31. The Labute approximate surface area is 127 Å². The Hall–Kier alpha value is -0.730. The Morgan fingerprint density at radius 1 is 1.25 bits per heavy atom. The van der Waals surface area contributed by atoms with Gasteiger partial charge in [0.05, 0.1) is 0 Å². The van der Waals surface area contributed by atoms with Gasteiger partial charge in [0.25, 0.3) is 0 Å². The zero-order valence-corrected chi connectivity index (χ0v) is 13.1. The summed E-state index contributed by atoms with van der Waals surface area (Å²) >= 11 is 6.19. The second kappa shape index (κ2) is 6.36. The van der Waals surface area contributed by atoms with E-state index in [1.54, 1.807) is 0 Å². The van der Waals surface area contributed by atoms with E-state index >= 15 is 0 Å². The predicted octanol–water partition coefficient (Wildman–Crippen LogP) is 4.22. The smallest absolute Gasteiger partial charge is 0.0412 e. The number of benzene rings is 1. The van der Waals surface area contributed by atoms with Crippen molar-refractivity contribution in [2.45, 2.75) is 51.6 Å². The Balaban J connectivity index is 1.73. The molecule has 0 aliphatic heterocycles. The van der Waals surface area contributed by atoms with E-state index in [0.29, 0.717) is 0 Å². The molecule has 0 atom stereocenters. The number of rotatable bonds is 7. The van der Waals surface area contributed by atoms with Gasteiger partial charge in [-0.3, -0.25) is 0 Å². The van der Waals surface area contributed by atoms with Crippen LogP contribution in [0.1, 0.15) is 44.6 Å². The largest absolute Gasteiger partial charge is 0.371 e. The molecule has 3 heteroatoms. The second-order valence-corrected chi connectivity index (χ2v) is 6.70. The van der Waals surface area contributed by atoms with E-state index in [0.717, 1.165) is 30.1 Å². The Kier molecular flexibility index (Phi) is 4.52. The molecule has 2 aliphatic rings. The third-order valence-electron chi connectivity index (χ3n) is 4.63. The monoisotopic (exact) mass is 292 g/mol. The minimum atomic E-state index is 0.739. The summed E-state index contributed by atoms with van der Waals surface area (Å²) in [5.74, 6) is 0.898. The fourth-order valence-corrected chi connectivity index (χ4v) is 3.13. The molecule has 0 heterocycles. The number of anilines is 1. The van der Waals surface area contributed by atoms with Crippen LogP contribution in [0, 0.1) is 5.92 Å². The van der Waals surface area contributed by atoms with Crippen LogP contribution in [0.5, 0.6) is 0 Å². The van der Waals surface area contributed by atoms with Crippen molar-refractivity contribution in [2.24, 2.45) is 5.92 Å². The maximum atomic E-state index is 6.19. The van der Waals surface area contributed by atoms with Crippen molar-refractivity contribution in [2.75, 3.05) is 18.0 Å². The highest BCUT2D eigenvalue weighted by molar-refractivity contribution is 6.30. The lowest BCUT2D eigenvalue weighted by Gasteiger charge is -2.34. The third-order valence-corrected chi connectivity index (χ3v) is 4.86. The fourth-order valence-electron chi connectivity index (χ4n) is 2.93. The summed E-state index contributed by atoms with van der Waals surface area (Å²) in [6, 6.07) is 7.11. The Bertz CT molecular complexity index is 452. The van der Waals surface area contributed by atoms with Crippen molar-refractivity contribution in [3.63, 3.8) is 0 Å². The van der Waals surface area contributed by atoms with Gasteiger partial charge in [0.15, 0.2) is 0 Å². The van der Waals surface area contributed by atoms with Crippen molar-refractivity contribution >= 4 is 17.3 Å². The number of halogens is 1. The zero-order valence-electron chi connectivity index (χ0n) is 12.4. The predicted molar refractivity (Wildman–Crippen MR) is 86.5 cm³/mol. The van der Waals surface area contributed by atoms with E-state index in [9.17, 15) is 0 Å². The van der Waals surface area contributed by atoms with Gasteiger partial charge in [-0.15, -0.1) is 0 Å². The normalized spacial score (nSPS) is 18.9. The number of hydrogen-bond donors (Lipinski definition) is 1. The van der Waals surface area contributed by atoms with Gasteiger partial charge >= 0.3 is 0 Å². The average Bonchev–Trinajstić information content (AvgIpc) is 3.20. The number of hydrogen-bond acceptors (Lipinski definition) is 2. The minimum absolute atomic E-state index is 0.739. The molecule has 0 saturated heterocycles.